The zero-order chi connectivity index (χ0) is 24.5. The van der Waals surface area contributed by atoms with Crippen LogP contribution in [0.25, 0.3) is 0 Å². The second kappa shape index (κ2) is 12.2. The highest BCUT2D eigenvalue weighted by Crippen LogP contribution is 2.21. The fourth-order valence-corrected chi connectivity index (χ4v) is 4.48. The van der Waals surface area contributed by atoms with Crippen molar-refractivity contribution in [3.63, 3.8) is 0 Å². The number of rotatable bonds is 10. The molecule has 0 aromatic heterocycles. The highest BCUT2D eigenvalue weighted by atomic mass is 19.1. The summed E-state index contributed by atoms with van der Waals surface area (Å²) in [6, 6.07) is 24.3. The second-order valence-electron chi connectivity index (χ2n) is 8.91. The molecule has 182 valence electrons. The molecule has 0 aliphatic heterocycles. The highest BCUT2D eigenvalue weighted by molar-refractivity contribution is 5.88. The van der Waals surface area contributed by atoms with Gasteiger partial charge in [-0.1, -0.05) is 79.6 Å². The zero-order valence-electron chi connectivity index (χ0n) is 19.7. The first-order valence-electron chi connectivity index (χ1n) is 12.1. The van der Waals surface area contributed by atoms with E-state index in [0.29, 0.717) is 17.7 Å². The molecular formula is C29H31FN2O3. The summed E-state index contributed by atoms with van der Waals surface area (Å²) < 4.78 is 20.3. The van der Waals surface area contributed by atoms with Gasteiger partial charge in [0.25, 0.3) is 5.91 Å². The maximum absolute atomic E-state index is 14.6. The summed E-state index contributed by atoms with van der Waals surface area (Å²) in [5, 5.41) is 3.14. The maximum Gasteiger partial charge on any atom is 0.261 e. The third kappa shape index (κ3) is 6.92. The normalized spacial score (nSPS) is 14.3. The van der Waals surface area contributed by atoms with Gasteiger partial charge in [0.2, 0.25) is 5.91 Å². The summed E-state index contributed by atoms with van der Waals surface area (Å²) in [6.07, 6.45) is 4.35. The maximum atomic E-state index is 14.6. The van der Waals surface area contributed by atoms with E-state index in [1.54, 1.807) is 30.3 Å². The van der Waals surface area contributed by atoms with Gasteiger partial charge in [0, 0.05) is 24.6 Å². The number of benzene rings is 3. The van der Waals surface area contributed by atoms with Crippen molar-refractivity contribution < 1.29 is 18.7 Å². The monoisotopic (exact) mass is 474 g/mol. The largest absolute Gasteiger partial charge is 0.484 e. The Kier molecular flexibility index (Phi) is 8.49. The van der Waals surface area contributed by atoms with Crippen LogP contribution in [0.2, 0.25) is 0 Å². The van der Waals surface area contributed by atoms with Crippen molar-refractivity contribution in [2.24, 2.45) is 0 Å². The van der Waals surface area contributed by atoms with Crippen LogP contribution in [-0.4, -0.2) is 35.4 Å². The van der Waals surface area contributed by atoms with Crippen molar-refractivity contribution in [2.75, 3.05) is 6.61 Å². The number of amides is 2. The van der Waals surface area contributed by atoms with E-state index in [1.807, 2.05) is 48.5 Å². The average Bonchev–Trinajstić information content (AvgIpc) is 3.40. The zero-order valence-corrected chi connectivity index (χ0v) is 19.7. The molecule has 1 atom stereocenters. The van der Waals surface area contributed by atoms with Crippen molar-refractivity contribution in [1.29, 1.82) is 0 Å². The summed E-state index contributed by atoms with van der Waals surface area (Å²) >= 11 is 0. The van der Waals surface area contributed by atoms with Crippen LogP contribution in [-0.2, 0) is 22.6 Å². The molecule has 3 aromatic rings. The Balaban J connectivity index is 1.61. The summed E-state index contributed by atoms with van der Waals surface area (Å²) in [4.78, 5) is 28.5. The van der Waals surface area contributed by atoms with E-state index in [4.69, 9.17) is 4.74 Å². The Hall–Kier alpha value is -3.67. The van der Waals surface area contributed by atoms with Gasteiger partial charge in [0.1, 0.15) is 17.6 Å². The average molecular weight is 475 g/mol. The van der Waals surface area contributed by atoms with Crippen LogP contribution in [0.15, 0.2) is 84.9 Å². The fraction of sp³-hybridized carbons (Fsp3) is 0.310. The lowest BCUT2D eigenvalue weighted by molar-refractivity contribution is -0.143. The minimum atomic E-state index is -0.801. The molecule has 35 heavy (non-hydrogen) atoms. The molecule has 0 unspecified atom stereocenters. The van der Waals surface area contributed by atoms with Crippen molar-refractivity contribution >= 4 is 11.8 Å². The molecule has 0 spiro atoms. The van der Waals surface area contributed by atoms with E-state index in [2.05, 4.69) is 5.32 Å². The van der Waals surface area contributed by atoms with E-state index in [9.17, 15) is 14.0 Å². The number of para-hydroxylation sites is 1. The van der Waals surface area contributed by atoms with Crippen molar-refractivity contribution in [3.05, 3.63) is 102 Å². The van der Waals surface area contributed by atoms with E-state index >= 15 is 0 Å². The SMILES string of the molecule is O=C(NC1CCCC1)[C@H](Cc1ccccc1)N(Cc1ccccc1F)C(=O)COc1ccccc1. The van der Waals surface area contributed by atoms with E-state index < -0.39 is 11.9 Å². The first kappa shape index (κ1) is 24.5. The minimum Gasteiger partial charge on any atom is -0.484 e. The third-order valence-corrected chi connectivity index (χ3v) is 6.38. The van der Waals surface area contributed by atoms with Gasteiger partial charge < -0.3 is 15.0 Å². The van der Waals surface area contributed by atoms with Gasteiger partial charge in [-0.2, -0.15) is 0 Å². The summed E-state index contributed by atoms with van der Waals surface area (Å²) in [5.74, 6) is -0.449. The van der Waals surface area contributed by atoms with Gasteiger partial charge in [-0.25, -0.2) is 4.39 Å². The molecule has 1 aliphatic carbocycles. The first-order chi connectivity index (χ1) is 17.1. The number of carbonyl (C=O) groups excluding carboxylic acids is 2. The molecule has 1 aliphatic rings. The summed E-state index contributed by atoms with van der Waals surface area (Å²) in [5.41, 5.74) is 1.28. The van der Waals surface area contributed by atoms with Crippen molar-refractivity contribution in [3.8, 4) is 5.75 Å². The Labute approximate surface area is 205 Å². The smallest absolute Gasteiger partial charge is 0.261 e. The van der Waals surface area contributed by atoms with Gasteiger partial charge in [0.15, 0.2) is 6.61 Å². The summed E-state index contributed by atoms with van der Waals surface area (Å²) in [7, 11) is 0. The van der Waals surface area contributed by atoms with E-state index in [-0.39, 0.29) is 31.0 Å². The quantitative estimate of drug-likeness (QED) is 0.455. The topological polar surface area (TPSA) is 58.6 Å². The Morgan fingerprint density at radius 3 is 2.23 bits per heavy atom. The van der Waals surface area contributed by atoms with Crippen LogP contribution in [0.1, 0.15) is 36.8 Å². The number of hydrogen-bond donors (Lipinski definition) is 1. The number of hydrogen-bond acceptors (Lipinski definition) is 3. The molecule has 6 heteroatoms. The van der Waals surface area contributed by atoms with E-state index in [0.717, 1.165) is 31.2 Å². The molecule has 1 fully saturated rings. The molecule has 0 heterocycles. The lowest BCUT2D eigenvalue weighted by Crippen LogP contribution is -2.53. The van der Waals surface area contributed by atoms with Crippen LogP contribution < -0.4 is 10.1 Å². The van der Waals surface area contributed by atoms with Gasteiger partial charge in [-0.3, -0.25) is 9.59 Å². The van der Waals surface area contributed by atoms with E-state index in [1.165, 1.54) is 11.0 Å². The molecule has 0 radical (unpaired) electrons. The Morgan fingerprint density at radius 1 is 0.914 bits per heavy atom. The van der Waals surface area contributed by atoms with Gasteiger partial charge in [0.05, 0.1) is 0 Å². The lowest BCUT2D eigenvalue weighted by atomic mass is 10.0. The number of nitrogens with one attached hydrogen (secondary N) is 1. The van der Waals surface area contributed by atoms with Crippen molar-refractivity contribution in [2.45, 2.75) is 50.7 Å². The van der Waals surface area contributed by atoms with Crippen molar-refractivity contribution in [1.82, 2.24) is 10.2 Å². The van der Waals surface area contributed by atoms with Crippen LogP contribution in [0.4, 0.5) is 4.39 Å². The fourth-order valence-electron chi connectivity index (χ4n) is 4.48. The minimum absolute atomic E-state index is 0.0285. The van der Waals surface area contributed by atoms with Crippen LogP contribution in [0.3, 0.4) is 0 Å². The summed E-state index contributed by atoms with van der Waals surface area (Å²) in [6.45, 7) is -0.278. The number of halogens is 1. The second-order valence-corrected chi connectivity index (χ2v) is 8.91. The molecule has 0 saturated heterocycles. The molecule has 0 bridgehead atoms. The molecule has 5 nitrogen and oxygen atoms in total. The number of carbonyl (C=O) groups is 2. The Morgan fingerprint density at radius 2 is 1.54 bits per heavy atom. The third-order valence-electron chi connectivity index (χ3n) is 6.38. The molecule has 1 N–H and O–H groups in total. The van der Waals surface area contributed by atoms with Crippen LogP contribution in [0, 0.1) is 5.82 Å². The predicted octanol–water partition coefficient (Wildman–Crippen LogP) is 4.90. The lowest BCUT2D eigenvalue weighted by Gasteiger charge is -2.32. The Bertz CT molecular complexity index is 1100. The standard InChI is InChI=1S/C29H31FN2O3/c30-26-18-10-7-13-23(26)20-32(28(33)21-35-25-16-5-2-6-17-25)27(19-22-11-3-1-4-12-22)29(34)31-24-14-8-9-15-24/h1-7,10-13,16-18,24,27H,8-9,14-15,19-21H2,(H,31,34)/t27-/m0/s1. The molecule has 4 rings (SSSR count). The van der Waals surface area contributed by atoms with Gasteiger partial charge in [-0.05, 0) is 36.6 Å². The number of ether oxygens (including phenoxy) is 1. The number of nitrogens with zero attached hydrogens (tertiary/aromatic N) is 1. The highest BCUT2D eigenvalue weighted by Gasteiger charge is 2.32. The van der Waals surface area contributed by atoms with Gasteiger partial charge in [-0.15, -0.1) is 0 Å². The molecular weight excluding hydrogens is 443 g/mol. The molecule has 1 saturated carbocycles. The molecule has 2 amide bonds. The molecule has 3 aromatic carbocycles. The van der Waals surface area contributed by atoms with Gasteiger partial charge >= 0.3 is 0 Å². The first-order valence-corrected chi connectivity index (χ1v) is 12.1. The predicted molar refractivity (Wildman–Crippen MR) is 133 cm³/mol. The van der Waals surface area contributed by atoms with Crippen LogP contribution >= 0.6 is 0 Å². The van der Waals surface area contributed by atoms with Crippen LogP contribution in [0.5, 0.6) is 5.75 Å².